The Bertz CT molecular complexity index is 424. The molecule has 3 heterocycles. The highest BCUT2D eigenvalue weighted by Crippen LogP contribution is 2.30. The van der Waals surface area contributed by atoms with E-state index in [2.05, 4.69) is 19.8 Å². The molecule has 0 amide bonds. The van der Waals surface area contributed by atoms with Gasteiger partial charge in [0.05, 0.1) is 25.0 Å². The van der Waals surface area contributed by atoms with Crippen LogP contribution in [0.4, 0.5) is 5.82 Å². The van der Waals surface area contributed by atoms with Gasteiger partial charge in [-0.15, -0.1) is 0 Å². The third-order valence-electron chi connectivity index (χ3n) is 4.16. The van der Waals surface area contributed by atoms with Gasteiger partial charge in [-0.05, 0) is 12.8 Å². The Kier molecular flexibility index (Phi) is 4.14. The lowest BCUT2D eigenvalue weighted by Crippen LogP contribution is -2.60. The average molecular weight is 278 g/mol. The van der Waals surface area contributed by atoms with Crippen molar-refractivity contribution in [1.82, 2.24) is 14.9 Å². The fraction of sp³-hybridized carbons (Fsp3) is 0.714. The van der Waals surface area contributed by atoms with Crippen LogP contribution in [0.1, 0.15) is 12.8 Å². The van der Waals surface area contributed by atoms with Crippen molar-refractivity contribution in [1.29, 1.82) is 0 Å². The van der Waals surface area contributed by atoms with Gasteiger partial charge < -0.3 is 14.7 Å². The zero-order valence-corrected chi connectivity index (χ0v) is 11.7. The second-order valence-electron chi connectivity index (χ2n) is 5.62. The lowest BCUT2D eigenvalue weighted by molar-refractivity contribution is -0.116. The Hall–Kier alpha value is -1.24. The number of morpholine rings is 1. The van der Waals surface area contributed by atoms with Gasteiger partial charge in [0.25, 0.3) is 0 Å². The summed E-state index contributed by atoms with van der Waals surface area (Å²) in [6.07, 6.45) is 7.42. The minimum Gasteiger partial charge on any atom is -0.395 e. The molecule has 0 bridgehead atoms. The average Bonchev–Trinajstić information content (AvgIpc) is 2.49. The van der Waals surface area contributed by atoms with Crippen LogP contribution in [0.3, 0.4) is 0 Å². The monoisotopic (exact) mass is 278 g/mol. The first-order valence-electron chi connectivity index (χ1n) is 7.29. The first-order chi connectivity index (χ1) is 9.81. The maximum atomic E-state index is 9.12. The molecule has 1 atom stereocenters. The van der Waals surface area contributed by atoms with E-state index in [0.717, 1.165) is 58.0 Å². The van der Waals surface area contributed by atoms with Crippen molar-refractivity contribution in [2.75, 3.05) is 50.8 Å². The maximum Gasteiger partial charge on any atom is 0.147 e. The number of ether oxygens (including phenoxy) is 1. The van der Waals surface area contributed by atoms with Crippen molar-refractivity contribution in [3.05, 3.63) is 18.6 Å². The summed E-state index contributed by atoms with van der Waals surface area (Å²) >= 11 is 0. The minimum atomic E-state index is -0.122. The first kappa shape index (κ1) is 13.7. The molecule has 6 heteroatoms. The van der Waals surface area contributed by atoms with Gasteiger partial charge in [-0.2, -0.15) is 0 Å². The number of aliphatic hydroxyl groups excluding tert-OH is 1. The van der Waals surface area contributed by atoms with Gasteiger partial charge in [-0.1, -0.05) is 0 Å². The SMILES string of the molecule is OCCN1CCO[C@@]2(CCCN(c3cnccn3)C2)C1. The molecule has 110 valence electrons. The molecule has 1 spiro atoms. The summed E-state index contributed by atoms with van der Waals surface area (Å²) in [6.45, 7) is 5.35. The van der Waals surface area contributed by atoms with Gasteiger partial charge in [0.15, 0.2) is 0 Å². The second-order valence-corrected chi connectivity index (χ2v) is 5.62. The van der Waals surface area contributed by atoms with E-state index in [9.17, 15) is 0 Å². The van der Waals surface area contributed by atoms with Crippen LogP contribution in [0, 0.1) is 0 Å². The van der Waals surface area contributed by atoms with Crippen LogP contribution >= 0.6 is 0 Å². The number of β-amino-alcohol motifs (C(OH)–C–C–N with tert-alkyl or cyclic N) is 1. The van der Waals surface area contributed by atoms with Crippen molar-refractivity contribution in [3.8, 4) is 0 Å². The van der Waals surface area contributed by atoms with E-state index in [0.29, 0.717) is 0 Å². The Morgan fingerprint density at radius 1 is 1.30 bits per heavy atom. The standard InChI is InChI=1S/C14H22N4O2/c19-8-6-17-7-9-20-14(11-17)2-1-5-18(12-14)13-10-15-3-4-16-13/h3-4,10,19H,1-2,5-9,11-12H2/t14-/m0/s1. The number of aromatic nitrogens is 2. The zero-order chi connectivity index (χ0) is 13.8. The lowest BCUT2D eigenvalue weighted by Gasteiger charge is -2.48. The van der Waals surface area contributed by atoms with E-state index in [4.69, 9.17) is 9.84 Å². The van der Waals surface area contributed by atoms with Gasteiger partial charge >= 0.3 is 0 Å². The summed E-state index contributed by atoms with van der Waals surface area (Å²) < 4.78 is 6.12. The van der Waals surface area contributed by atoms with E-state index in [1.165, 1.54) is 0 Å². The molecule has 6 nitrogen and oxygen atoms in total. The van der Waals surface area contributed by atoms with Crippen molar-refractivity contribution in [2.24, 2.45) is 0 Å². The Balaban J connectivity index is 1.70. The Labute approximate surface area is 119 Å². The molecule has 2 aliphatic heterocycles. The van der Waals surface area contributed by atoms with Crippen LogP contribution in [-0.2, 0) is 4.74 Å². The van der Waals surface area contributed by atoms with Crippen LogP contribution < -0.4 is 4.90 Å². The fourth-order valence-electron chi connectivity index (χ4n) is 3.25. The molecule has 3 rings (SSSR count). The van der Waals surface area contributed by atoms with Gasteiger partial charge in [-0.3, -0.25) is 9.88 Å². The largest absolute Gasteiger partial charge is 0.395 e. The summed E-state index contributed by atoms with van der Waals surface area (Å²) in [5.41, 5.74) is -0.122. The summed E-state index contributed by atoms with van der Waals surface area (Å²) in [7, 11) is 0. The first-order valence-corrected chi connectivity index (χ1v) is 7.29. The Morgan fingerprint density at radius 2 is 2.25 bits per heavy atom. The molecule has 1 aromatic heterocycles. The van der Waals surface area contributed by atoms with Crippen molar-refractivity contribution in [2.45, 2.75) is 18.4 Å². The highest BCUT2D eigenvalue weighted by atomic mass is 16.5. The molecular formula is C14H22N4O2. The molecule has 1 aromatic rings. The molecule has 0 saturated carbocycles. The van der Waals surface area contributed by atoms with E-state index in [1.807, 2.05) is 6.20 Å². The fourth-order valence-corrected chi connectivity index (χ4v) is 3.25. The van der Waals surface area contributed by atoms with Gasteiger partial charge in [0.1, 0.15) is 5.82 Å². The number of anilines is 1. The third kappa shape index (κ3) is 2.92. The molecule has 0 radical (unpaired) electrons. The number of nitrogens with zero attached hydrogens (tertiary/aromatic N) is 4. The molecule has 1 N–H and O–H groups in total. The zero-order valence-electron chi connectivity index (χ0n) is 11.7. The quantitative estimate of drug-likeness (QED) is 0.848. The van der Waals surface area contributed by atoms with Gasteiger partial charge in [0, 0.05) is 45.1 Å². The van der Waals surface area contributed by atoms with E-state index in [1.54, 1.807) is 12.4 Å². The third-order valence-corrected chi connectivity index (χ3v) is 4.16. The van der Waals surface area contributed by atoms with E-state index < -0.39 is 0 Å². The van der Waals surface area contributed by atoms with Crippen LogP contribution in [0.25, 0.3) is 0 Å². The molecule has 2 saturated heterocycles. The second kappa shape index (κ2) is 6.03. The molecule has 2 fully saturated rings. The number of piperidine rings is 1. The van der Waals surface area contributed by atoms with Crippen molar-refractivity contribution >= 4 is 5.82 Å². The van der Waals surface area contributed by atoms with Gasteiger partial charge in [0.2, 0.25) is 0 Å². The molecule has 0 aromatic carbocycles. The van der Waals surface area contributed by atoms with Crippen LogP contribution in [0.2, 0.25) is 0 Å². The number of rotatable bonds is 3. The van der Waals surface area contributed by atoms with Crippen molar-refractivity contribution in [3.63, 3.8) is 0 Å². The molecule has 0 aliphatic carbocycles. The molecule has 2 aliphatic rings. The lowest BCUT2D eigenvalue weighted by atomic mass is 9.90. The highest BCUT2D eigenvalue weighted by molar-refractivity contribution is 5.36. The topological polar surface area (TPSA) is 61.7 Å². The molecule has 20 heavy (non-hydrogen) atoms. The number of aliphatic hydroxyl groups is 1. The van der Waals surface area contributed by atoms with E-state index in [-0.39, 0.29) is 12.2 Å². The van der Waals surface area contributed by atoms with Gasteiger partial charge in [-0.25, -0.2) is 4.98 Å². The number of hydrogen-bond donors (Lipinski definition) is 1. The van der Waals surface area contributed by atoms with E-state index >= 15 is 0 Å². The molecule has 0 unspecified atom stereocenters. The summed E-state index contributed by atoms with van der Waals surface area (Å²) in [5, 5.41) is 9.12. The normalized spacial score (nSPS) is 27.9. The predicted octanol–water partition coefficient (Wildman–Crippen LogP) is 0.140. The Morgan fingerprint density at radius 3 is 3.05 bits per heavy atom. The predicted molar refractivity (Wildman–Crippen MR) is 75.7 cm³/mol. The van der Waals surface area contributed by atoms with Crippen LogP contribution in [0.5, 0.6) is 0 Å². The minimum absolute atomic E-state index is 0.122. The summed E-state index contributed by atoms with van der Waals surface area (Å²) in [4.78, 5) is 13.1. The van der Waals surface area contributed by atoms with Crippen LogP contribution in [0.15, 0.2) is 18.6 Å². The number of hydrogen-bond acceptors (Lipinski definition) is 6. The summed E-state index contributed by atoms with van der Waals surface area (Å²) in [6, 6.07) is 0. The molecular weight excluding hydrogens is 256 g/mol. The smallest absolute Gasteiger partial charge is 0.147 e. The maximum absolute atomic E-state index is 9.12. The highest BCUT2D eigenvalue weighted by Gasteiger charge is 2.40. The van der Waals surface area contributed by atoms with Crippen molar-refractivity contribution < 1.29 is 9.84 Å². The van der Waals surface area contributed by atoms with Crippen LogP contribution in [-0.4, -0.2) is 71.5 Å². The summed E-state index contributed by atoms with van der Waals surface area (Å²) in [5.74, 6) is 0.925.